The molecule has 1 saturated heterocycles. The second-order valence-corrected chi connectivity index (χ2v) is 8.67. The van der Waals surface area contributed by atoms with Crippen LogP contribution < -0.4 is 5.32 Å². The molecule has 0 radical (unpaired) electrons. The summed E-state index contributed by atoms with van der Waals surface area (Å²) in [5.74, 6) is 0.711. The van der Waals surface area contributed by atoms with Gasteiger partial charge in [-0.2, -0.15) is 0 Å². The van der Waals surface area contributed by atoms with Crippen molar-refractivity contribution in [3.8, 4) is 0 Å². The highest BCUT2D eigenvalue weighted by molar-refractivity contribution is 7.89. The van der Waals surface area contributed by atoms with E-state index in [0.29, 0.717) is 36.8 Å². The smallest absolute Gasteiger partial charge is 0.214 e. The summed E-state index contributed by atoms with van der Waals surface area (Å²) in [6.07, 6.45) is 4.29. The molecular weight excluding hydrogens is 274 g/mol. The monoisotopic (exact) mass is 303 g/mol. The van der Waals surface area contributed by atoms with Crippen LogP contribution in [-0.4, -0.2) is 69.2 Å². The molecule has 20 heavy (non-hydrogen) atoms. The van der Waals surface area contributed by atoms with Crippen LogP contribution in [0, 0.1) is 5.92 Å². The molecule has 0 aromatic rings. The van der Waals surface area contributed by atoms with E-state index in [9.17, 15) is 8.42 Å². The molecule has 1 saturated carbocycles. The first kappa shape index (κ1) is 16.2. The van der Waals surface area contributed by atoms with Crippen molar-refractivity contribution in [1.29, 1.82) is 0 Å². The van der Waals surface area contributed by atoms with E-state index in [2.05, 4.69) is 17.1 Å². The fourth-order valence-corrected chi connectivity index (χ4v) is 4.61. The van der Waals surface area contributed by atoms with Gasteiger partial charge in [0, 0.05) is 25.2 Å². The van der Waals surface area contributed by atoms with Crippen LogP contribution in [0.2, 0.25) is 0 Å². The molecule has 5 nitrogen and oxygen atoms in total. The van der Waals surface area contributed by atoms with Gasteiger partial charge in [-0.25, -0.2) is 12.7 Å². The van der Waals surface area contributed by atoms with Gasteiger partial charge in [0.25, 0.3) is 0 Å². The van der Waals surface area contributed by atoms with Crippen LogP contribution in [0.4, 0.5) is 0 Å². The summed E-state index contributed by atoms with van der Waals surface area (Å²) in [6, 6.07) is 1.06. The molecular formula is C14H29N3O2S. The van der Waals surface area contributed by atoms with Gasteiger partial charge in [-0.1, -0.05) is 6.92 Å². The van der Waals surface area contributed by atoms with Crippen molar-refractivity contribution in [3.05, 3.63) is 0 Å². The first-order valence-electron chi connectivity index (χ1n) is 7.78. The average molecular weight is 303 g/mol. The van der Waals surface area contributed by atoms with Crippen LogP contribution in [0.5, 0.6) is 0 Å². The molecule has 0 amide bonds. The molecule has 0 aromatic heterocycles. The average Bonchev–Trinajstić information content (AvgIpc) is 3.09. The van der Waals surface area contributed by atoms with E-state index in [1.807, 2.05) is 14.1 Å². The first-order chi connectivity index (χ1) is 9.40. The van der Waals surface area contributed by atoms with E-state index < -0.39 is 10.0 Å². The molecule has 6 heteroatoms. The molecule has 2 unspecified atom stereocenters. The first-order valence-corrected chi connectivity index (χ1v) is 9.38. The molecule has 2 atom stereocenters. The predicted molar refractivity (Wildman–Crippen MR) is 82.3 cm³/mol. The molecule has 1 aliphatic carbocycles. The van der Waals surface area contributed by atoms with Crippen LogP contribution in [0.25, 0.3) is 0 Å². The van der Waals surface area contributed by atoms with E-state index in [0.717, 1.165) is 19.4 Å². The number of likely N-dealkylation sites (N-methyl/N-ethyl adjacent to an activating group) is 1. The minimum Gasteiger partial charge on any atom is -0.314 e. The van der Waals surface area contributed by atoms with E-state index >= 15 is 0 Å². The Hall–Kier alpha value is -0.170. The van der Waals surface area contributed by atoms with Gasteiger partial charge >= 0.3 is 0 Å². The van der Waals surface area contributed by atoms with Crippen LogP contribution in [0.1, 0.15) is 32.6 Å². The van der Waals surface area contributed by atoms with Crippen molar-refractivity contribution in [2.24, 2.45) is 5.92 Å². The summed E-state index contributed by atoms with van der Waals surface area (Å²) in [5, 5.41) is 3.43. The summed E-state index contributed by atoms with van der Waals surface area (Å²) in [4.78, 5) is 2.14. The third-order valence-corrected chi connectivity index (χ3v) is 6.32. The van der Waals surface area contributed by atoms with Gasteiger partial charge in [0.15, 0.2) is 0 Å². The lowest BCUT2D eigenvalue weighted by Crippen LogP contribution is -2.36. The van der Waals surface area contributed by atoms with Gasteiger partial charge in [0.1, 0.15) is 0 Å². The zero-order chi connectivity index (χ0) is 14.8. The van der Waals surface area contributed by atoms with Crippen molar-refractivity contribution in [3.63, 3.8) is 0 Å². The maximum absolute atomic E-state index is 12.3. The standard InChI is InChI=1S/C14H29N3O2S/c1-12-10-17(11-14(12)16(2)3)20(18,19)9-5-4-8-15-13-6-7-13/h12-15H,4-11H2,1-3H3. The van der Waals surface area contributed by atoms with Crippen LogP contribution >= 0.6 is 0 Å². The number of sulfonamides is 1. The highest BCUT2D eigenvalue weighted by atomic mass is 32.2. The van der Waals surface area contributed by atoms with Crippen LogP contribution in [0.3, 0.4) is 0 Å². The lowest BCUT2D eigenvalue weighted by molar-refractivity contribution is 0.263. The third kappa shape index (κ3) is 4.41. The SMILES string of the molecule is CC1CN(S(=O)(=O)CCCCNC2CC2)CC1N(C)C. The molecule has 1 N–H and O–H groups in total. The minimum absolute atomic E-state index is 0.298. The Morgan fingerprint density at radius 2 is 1.90 bits per heavy atom. The highest BCUT2D eigenvalue weighted by Crippen LogP contribution is 2.23. The van der Waals surface area contributed by atoms with Crippen molar-refractivity contribution in [2.75, 3.05) is 39.5 Å². The summed E-state index contributed by atoms with van der Waals surface area (Å²) in [7, 11) is 0.992. The van der Waals surface area contributed by atoms with Crippen molar-refractivity contribution in [1.82, 2.24) is 14.5 Å². The number of unbranched alkanes of at least 4 members (excludes halogenated alkanes) is 1. The van der Waals surface area contributed by atoms with Crippen LogP contribution in [-0.2, 0) is 10.0 Å². The topological polar surface area (TPSA) is 52.7 Å². The molecule has 2 rings (SSSR count). The van der Waals surface area contributed by atoms with E-state index in [4.69, 9.17) is 0 Å². The van der Waals surface area contributed by atoms with E-state index in [1.165, 1.54) is 12.8 Å². The lowest BCUT2D eigenvalue weighted by Gasteiger charge is -2.22. The van der Waals surface area contributed by atoms with Gasteiger partial charge in [-0.3, -0.25) is 0 Å². The van der Waals surface area contributed by atoms with Crippen molar-refractivity contribution < 1.29 is 8.42 Å². The van der Waals surface area contributed by atoms with Crippen molar-refractivity contribution in [2.45, 2.75) is 44.7 Å². The Morgan fingerprint density at radius 1 is 1.20 bits per heavy atom. The van der Waals surface area contributed by atoms with Gasteiger partial charge in [-0.15, -0.1) is 0 Å². The molecule has 1 aliphatic heterocycles. The molecule has 1 heterocycles. The fraction of sp³-hybridized carbons (Fsp3) is 1.00. The summed E-state index contributed by atoms with van der Waals surface area (Å²) < 4.78 is 26.4. The highest BCUT2D eigenvalue weighted by Gasteiger charge is 2.36. The van der Waals surface area contributed by atoms with Gasteiger partial charge in [-0.05, 0) is 52.2 Å². The predicted octanol–water partition coefficient (Wildman–Crippen LogP) is 0.730. The Morgan fingerprint density at radius 3 is 2.45 bits per heavy atom. The number of nitrogens with zero attached hydrogens (tertiary/aromatic N) is 2. The Bertz CT molecular complexity index is 407. The number of hydrogen-bond donors (Lipinski definition) is 1. The minimum atomic E-state index is -3.07. The third-order valence-electron chi connectivity index (χ3n) is 4.44. The largest absolute Gasteiger partial charge is 0.314 e. The normalized spacial score (nSPS) is 28.4. The van der Waals surface area contributed by atoms with Crippen molar-refractivity contribution >= 4 is 10.0 Å². The molecule has 0 spiro atoms. The Labute approximate surface area is 123 Å². The second-order valence-electron chi connectivity index (χ2n) is 6.58. The number of hydrogen-bond acceptors (Lipinski definition) is 4. The van der Waals surface area contributed by atoms with E-state index in [1.54, 1.807) is 4.31 Å². The molecule has 118 valence electrons. The van der Waals surface area contributed by atoms with Crippen LogP contribution in [0.15, 0.2) is 0 Å². The second kappa shape index (κ2) is 6.73. The quantitative estimate of drug-likeness (QED) is 0.672. The molecule has 2 fully saturated rings. The van der Waals surface area contributed by atoms with Gasteiger partial charge < -0.3 is 10.2 Å². The fourth-order valence-electron chi connectivity index (χ4n) is 2.94. The summed E-state index contributed by atoms with van der Waals surface area (Å²) in [6.45, 7) is 4.42. The van der Waals surface area contributed by atoms with Gasteiger partial charge in [0.2, 0.25) is 10.0 Å². The molecule has 2 aliphatic rings. The summed E-state index contributed by atoms with van der Waals surface area (Å²) >= 11 is 0. The maximum Gasteiger partial charge on any atom is 0.214 e. The molecule has 0 bridgehead atoms. The Kier molecular flexibility index (Phi) is 5.45. The van der Waals surface area contributed by atoms with Gasteiger partial charge in [0.05, 0.1) is 5.75 Å². The molecule has 0 aromatic carbocycles. The number of nitrogens with one attached hydrogen (secondary N) is 1. The number of rotatable bonds is 8. The zero-order valence-electron chi connectivity index (χ0n) is 13.0. The zero-order valence-corrected chi connectivity index (χ0v) is 13.8. The Balaban J connectivity index is 1.72. The summed E-state index contributed by atoms with van der Waals surface area (Å²) in [5.41, 5.74) is 0. The maximum atomic E-state index is 12.3. The lowest BCUT2D eigenvalue weighted by atomic mass is 10.1. The van der Waals surface area contributed by atoms with E-state index in [-0.39, 0.29) is 0 Å².